The second-order valence-electron chi connectivity index (χ2n) is 5.46. The van der Waals surface area contributed by atoms with Crippen molar-refractivity contribution in [1.29, 1.82) is 0 Å². The molecule has 0 aliphatic heterocycles. The fourth-order valence-corrected chi connectivity index (χ4v) is 2.19. The molecule has 0 radical (unpaired) electrons. The van der Waals surface area contributed by atoms with Crippen LogP contribution in [0.4, 0.5) is 0 Å². The summed E-state index contributed by atoms with van der Waals surface area (Å²) in [4.78, 5) is 11.3. The van der Waals surface area contributed by atoms with E-state index in [2.05, 4.69) is 0 Å². The molecular weight excluding hydrogens is 324 g/mol. The van der Waals surface area contributed by atoms with Gasteiger partial charge in [0.1, 0.15) is 12.4 Å². The van der Waals surface area contributed by atoms with E-state index in [9.17, 15) is 9.90 Å². The monoisotopic (exact) mass is 354 g/mol. The van der Waals surface area contributed by atoms with Crippen LogP contribution in [0.1, 0.15) is 32.3 Å². The van der Waals surface area contributed by atoms with E-state index in [0.717, 1.165) is 17.7 Å². The van der Waals surface area contributed by atoms with Crippen molar-refractivity contribution in [3.05, 3.63) is 29.8 Å². The topological polar surface area (TPSA) is 74.2 Å². The summed E-state index contributed by atoms with van der Waals surface area (Å²) in [7, 11) is 0. The van der Waals surface area contributed by atoms with Crippen molar-refractivity contribution in [2.24, 2.45) is 0 Å². The average Bonchev–Trinajstić information content (AvgIpc) is 2.62. The Morgan fingerprint density at radius 1 is 1.00 bits per heavy atom. The third-order valence-electron chi connectivity index (χ3n) is 3.50. The van der Waals surface area contributed by atoms with Crippen LogP contribution >= 0.6 is 0 Å². The second-order valence-corrected chi connectivity index (χ2v) is 5.46. The van der Waals surface area contributed by atoms with Crippen molar-refractivity contribution in [3.63, 3.8) is 0 Å². The summed E-state index contributed by atoms with van der Waals surface area (Å²) in [6.07, 6.45) is 0.867. The van der Waals surface area contributed by atoms with E-state index in [1.165, 1.54) is 0 Å². The second kappa shape index (κ2) is 13.6. The molecule has 0 saturated heterocycles. The van der Waals surface area contributed by atoms with Crippen molar-refractivity contribution in [3.8, 4) is 5.75 Å². The molecule has 6 nitrogen and oxygen atoms in total. The van der Waals surface area contributed by atoms with Gasteiger partial charge in [0.2, 0.25) is 0 Å². The smallest absolute Gasteiger partial charge is 0.334 e. The number of aliphatic hydroxyl groups is 1. The molecule has 0 unspecified atom stereocenters. The van der Waals surface area contributed by atoms with Crippen LogP contribution in [0, 0.1) is 0 Å². The van der Waals surface area contributed by atoms with E-state index in [1.807, 2.05) is 31.2 Å². The molecule has 1 aromatic carbocycles. The SMILES string of the molecule is CCOCCOCCOc1ccc(CCC[C@H](O)C(=O)OCC)cc1. The number of benzene rings is 1. The van der Waals surface area contributed by atoms with E-state index >= 15 is 0 Å². The third-order valence-corrected chi connectivity index (χ3v) is 3.50. The fraction of sp³-hybridized carbons (Fsp3) is 0.632. The zero-order valence-electron chi connectivity index (χ0n) is 15.2. The maximum atomic E-state index is 11.3. The molecule has 6 heteroatoms. The van der Waals surface area contributed by atoms with Gasteiger partial charge in [0, 0.05) is 6.61 Å². The predicted octanol–water partition coefficient (Wildman–Crippen LogP) is 2.37. The van der Waals surface area contributed by atoms with Gasteiger partial charge >= 0.3 is 5.97 Å². The standard InChI is InChI=1S/C19H30O6/c1-3-22-12-13-23-14-15-25-17-10-8-16(9-11-17)6-5-7-18(20)19(21)24-4-2/h8-11,18,20H,3-7,12-15H2,1-2H3/t18-/m0/s1. The minimum absolute atomic E-state index is 0.287. The van der Waals surface area contributed by atoms with Crippen LogP contribution < -0.4 is 4.74 Å². The van der Waals surface area contributed by atoms with Crippen LogP contribution in [-0.2, 0) is 25.4 Å². The number of rotatable bonds is 14. The minimum atomic E-state index is -1.04. The van der Waals surface area contributed by atoms with Gasteiger partial charge in [0.15, 0.2) is 6.10 Å². The Labute approximate surface area is 150 Å². The lowest BCUT2D eigenvalue weighted by atomic mass is 10.1. The summed E-state index contributed by atoms with van der Waals surface area (Å²) >= 11 is 0. The van der Waals surface area contributed by atoms with Crippen LogP contribution in [0.3, 0.4) is 0 Å². The summed E-state index contributed by atoms with van der Waals surface area (Å²) in [5.74, 6) is 0.249. The van der Waals surface area contributed by atoms with Crippen LogP contribution in [-0.4, -0.2) is 56.8 Å². The molecule has 0 aromatic heterocycles. The molecule has 0 fully saturated rings. The number of ether oxygens (including phenoxy) is 4. The van der Waals surface area contributed by atoms with Gasteiger partial charge in [-0.15, -0.1) is 0 Å². The maximum absolute atomic E-state index is 11.3. The molecule has 0 bridgehead atoms. The van der Waals surface area contributed by atoms with E-state index in [4.69, 9.17) is 18.9 Å². The van der Waals surface area contributed by atoms with Gasteiger partial charge in [0.05, 0.1) is 26.4 Å². The van der Waals surface area contributed by atoms with Crippen molar-refractivity contribution >= 4 is 5.97 Å². The first kappa shape index (κ1) is 21.4. The van der Waals surface area contributed by atoms with Gasteiger partial charge in [-0.2, -0.15) is 0 Å². The molecule has 142 valence electrons. The molecule has 1 atom stereocenters. The van der Waals surface area contributed by atoms with Gasteiger partial charge in [-0.3, -0.25) is 0 Å². The van der Waals surface area contributed by atoms with E-state index in [1.54, 1.807) is 6.92 Å². The number of carbonyl (C=O) groups excluding carboxylic acids is 1. The Balaban J connectivity index is 2.15. The molecule has 0 amide bonds. The maximum Gasteiger partial charge on any atom is 0.334 e. The first-order valence-electron chi connectivity index (χ1n) is 8.89. The molecule has 1 aromatic rings. The lowest BCUT2D eigenvalue weighted by molar-refractivity contribution is -0.153. The van der Waals surface area contributed by atoms with Crippen LogP contribution in [0.5, 0.6) is 5.75 Å². The van der Waals surface area contributed by atoms with Crippen molar-refractivity contribution in [1.82, 2.24) is 0 Å². The molecule has 0 heterocycles. The van der Waals surface area contributed by atoms with Gasteiger partial charge in [-0.25, -0.2) is 4.79 Å². The van der Waals surface area contributed by atoms with E-state index in [0.29, 0.717) is 45.9 Å². The van der Waals surface area contributed by atoms with Crippen molar-refractivity contribution in [2.45, 2.75) is 39.2 Å². The zero-order chi connectivity index (χ0) is 18.3. The Hall–Kier alpha value is -1.63. The highest BCUT2D eigenvalue weighted by Crippen LogP contribution is 2.14. The van der Waals surface area contributed by atoms with Gasteiger partial charge in [-0.05, 0) is 50.8 Å². The number of hydrogen-bond donors (Lipinski definition) is 1. The normalized spacial score (nSPS) is 12.0. The predicted molar refractivity (Wildman–Crippen MR) is 94.8 cm³/mol. The number of hydrogen-bond acceptors (Lipinski definition) is 6. The molecule has 1 rings (SSSR count). The van der Waals surface area contributed by atoms with Gasteiger partial charge in [0.25, 0.3) is 0 Å². The van der Waals surface area contributed by atoms with Crippen LogP contribution in [0.15, 0.2) is 24.3 Å². The third kappa shape index (κ3) is 10.1. The molecule has 0 spiro atoms. The van der Waals surface area contributed by atoms with Crippen molar-refractivity contribution in [2.75, 3.05) is 39.6 Å². The summed E-state index contributed by atoms with van der Waals surface area (Å²) < 4.78 is 20.9. The van der Waals surface area contributed by atoms with Gasteiger partial charge < -0.3 is 24.1 Å². The lowest BCUT2D eigenvalue weighted by Crippen LogP contribution is -2.23. The molecule has 0 saturated carbocycles. The molecular formula is C19H30O6. The Bertz CT molecular complexity index is 459. The first-order chi connectivity index (χ1) is 12.2. The fourth-order valence-electron chi connectivity index (χ4n) is 2.19. The summed E-state index contributed by atoms with van der Waals surface area (Å²) in [5, 5.41) is 9.65. The highest BCUT2D eigenvalue weighted by Gasteiger charge is 2.15. The Morgan fingerprint density at radius 3 is 2.36 bits per heavy atom. The Kier molecular flexibility index (Phi) is 11.7. The molecule has 0 aliphatic carbocycles. The number of carbonyl (C=O) groups is 1. The molecule has 1 N–H and O–H groups in total. The van der Waals surface area contributed by atoms with E-state index < -0.39 is 12.1 Å². The van der Waals surface area contributed by atoms with E-state index in [-0.39, 0.29) is 6.61 Å². The number of esters is 1. The summed E-state index contributed by atoms with van der Waals surface area (Å²) in [6.45, 7) is 6.88. The zero-order valence-corrected chi connectivity index (χ0v) is 15.2. The van der Waals surface area contributed by atoms with Crippen LogP contribution in [0.25, 0.3) is 0 Å². The lowest BCUT2D eigenvalue weighted by Gasteiger charge is -2.10. The number of aryl methyl sites for hydroxylation is 1. The van der Waals surface area contributed by atoms with Gasteiger partial charge in [-0.1, -0.05) is 12.1 Å². The quantitative estimate of drug-likeness (QED) is 0.408. The van der Waals surface area contributed by atoms with Crippen LogP contribution in [0.2, 0.25) is 0 Å². The highest BCUT2D eigenvalue weighted by atomic mass is 16.5. The Morgan fingerprint density at radius 2 is 1.68 bits per heavy atom. The molecule has 0 aliphatic rings. The largest absolute Gasteiger partial charge is 0.491 e. The minimum Gasteiger partial charge on any atom is -0.491 e. The first-order valence-corrected chi connectivity index (χ1v) is 8.89. The number of aliphatic hydroxyl groups excluding tert-OH is 1. The highest BCUT2D eigenvalue weighted by molar-refractivity contribution is 5.74. The summed E-state index contributed by atoms with van der Waals surface area (Å²) in [5.41, 5.74) is 1.14. The molecule has 25 heavy (non-hydrogen) atoms. The average molecular weight is 354 g/mol. The summed E-state index contributed by atoms with van der Waals surface area (Å²) in [6, 6.07) is 7.80. The van der Waals surface area contributed by atoms with Crippen molar-refractivity contribution < 1.29 is 28.8 Å².